The number of piperazine rings is 1. The van der Waals surface area contributed by atoms with Crippen LogP contribution in [0.25, 0.3) is 0 Å². The first-order valence-electron chi connectivity index (χ1n) is 8.64. The molecule has 0 atom stereocenters. The lowest BCUT2D eigenvalue weighted by atomic mass is 10.0. The van der Waals surface area contributed by atoms with Crippen LogP contribution in [0.15, 0.2) is 24.3 Å². The summed E-state index contributed by atoms with van der Waals surface area (Å²) in [5.74, 6) is 0.879. The van der Waals surface area contributed by atoms with Gasteiger partial charge in [0.1, 0.15) is 0 Å². The SMILES string of the molecule is CCCC(=O)N1CCN(CC(=O)c2ccc(C(C)C)cc2)CC1. The average molecular weight is 316 g/mol. The third-order valence-electron chi connectivity index (χ3n) is 4.46. The fourth-order valence-corrected chi connectivity index (χ4v) is 2.88. The lowest BCUT2D eigenvalue weighted by Gasteiger charge is -2.34. The number of ketones is 1. The Morgan fingerprint density at radius 1 is 1.04 bits per heavy atom. The molecule has 0 saturated carbocycles. The normalized spacial score (nSPS) is 15.9. The molecule has 0 N–H and O–H groups in total. The van der Waals surface area contributed by atoms with E-state index >= 15 is 0 Å². The highest BCUT2D eigenvalue weighted by molar-refractivity contribution is 5.97. The molecule has 4 heteroatoms. The van der Waals surface area contributed by atoms with Gasteiger partial charge in [0.15, 0.2) is 5.78 Å². The molecule has 126 valence electrons. The van der Waals surface area contributed by atoms with Crippen molar-refractivity contribution in [2.45, 2.75) is 39.5 Å². The van der Waals surface area contributed by atoms with Gasteiger partial charge in [0.05, 0.1) is 6.54 Å². The maximum atomic E-state index is 12.4. The van der Waals surface area contributed by atoms with E-state index in [1.165, 1.54) is 5.56 Å². The molecule has 1 aliphatic heterocycles. The van der Waals surface area contributed by atoms with Gasteiger partial charge in [-0.15, -0.1) is 0 Å². The van der Waals surface area contributed by atoms with Crippen molar-refractivity contribution in [1.29, 1.82) is 0 Å². The van der Waals surface area contributed by atoms with Crippen LogP contribution in [0.1, 0.15) is 55.5 Å². The molecule has 4 nitrogen and oxygen atoms in total. The summed E-state index contributed by atoms with van der Waals surface area (Å²) in [7, 11) is 0. The quantitative estimate of drug-likeness (QED) is 0.758. The Hall–Kier alpha value is -1.68. The summed E-state index contributed by atoms with van der Waals surface area (Å²) in [5, 5.41) is 0. The third kappa shape index (κ3) is 4.90. The zero-order valence-corrected chi connectivity index (χ0v) is 14.5. The lowest BCUT2D eigenvalue weighted by Crippen LogP contribution is -2.49. The van der Waals surface area contributed by atoms with E-state index in [1.54, 1.807) is 0 Å². The molecule has 1 fully saturated rings. The molecule has 2 rings (SSSR count). The van der Waals surface area contributed by atoms with Crippen LogP contribution >= 0.6 is 0 Å². The molecule has 23 heavy (non-hydrogen) atoms. The molecular weight excluding hydrogens is 288 g/mol. The molecule has 0 aliphatic carbocycles. The van der Waals surface area contributed by atoms with Crippen LogP contribution in [-0.2, 0) is 4.79 Å². The lowest BCUT2D eigenvalue weighted by molar-refractivity contribution is -0.132. The predicted molar refractivity (Wildman–Crippen MR) is 92.8 cm³/mol. The average Bonchev–Trinajstić information content (AvgIpc) is 2.55. The number of hydrogen-bond acceptors (Lipinski definition) is 3. The minimum atomic E-state index is 0.161. The van der Waals surface area contributed by atoms with Crippen molar-refractivity contribution < 1.29 is 9.59 Å². The van der Waals surface area contributed by atoms with Gasteiger partial charge >= 0.3 is 0 Å². The first-order chi connectivity index (χ1) is 11.0. The number of amides is 1. The number of carbonyl (C=O) groups is 2. The Balaban J connectivity index is 1.84. The van der Waals surface area contributed by atoms with Gasteiger partial charge in [-0.2, -0.15) is 0 Å². The fourth-order valence-electron chi connectivity index (χ4n) is 2.88. The number of Topliss-reactive ketones (excluding diaryl/α,β-unsaturated/α-hetero) is 1. The summed E-state index contributed by atoms with van der Waals surface area (Å²) >= 11 is 0. The summed E-state index contributed by atoms with van der Waals surface area (Å²) in [6.07, 6.45) is 1.52. The van der Waals surface area contributed by atoms with Gasteiger partial charge in [-0.25, -0.2) is 0 Å². The molecule has 0 bridgehead atoms. The molecule has 0 spiro atoms. The number of hydrogen-bond donors (Lipinski definition) is 0. The molecule has 1 aliphatic rings. The number of nitrogens with zero attached hydrogens (tertiary/aromatic N) is 2. The highest BCUT2D eigenvalue weighted by Crippen LogP contribution is 2.15. The van der Waals surface area contributed by atoms with E-state index in [4.69, 9.17) is 0 Å². The predicted octanol–water partition coefficient (Wildman–Crippen LogP) is 2.94. The van der Waals surface area contributed by atoms with Crippen molar-refractivity contribution in [3.05, 3.63) is 35.4 Å². The summed E-state index contributed by atoms with van der Waals surface area (Å²) in [5.41, 5.74) is 2.03. The van der Waals surface area contributed by atoms with E-state index in [1.807, 2.05) is 36.1 Å². The third-order valence-corrected chi connectivity index (χ3v) is 4.46. The molecule has 1 aromatic rings. The summed E-state index contributed by atoms with van der Waals surface area (Å²) in [4.78, 5) is 28.3. The van der Waals surface area contributed by atoms with Crippen LogP contribution in [-0.4, -0.2) is 54.2 Å². The minimum Gasteiger partial charge on any atom is -0.340 e. The number of benzene rings is 1. The van der Waals surface area contributed by atoms with Gasteiger partial charge in [-0.3, -0.25) is 14.5 Å². The van der Waals surface area contributed by atoms with Crippen molar-refractivity contribution in [2.75, 3.05) is 32.7 Å². The highest BCUT2D eigenvalue weighted by Gasteiger charge is 2.22. The van der Waals surface area contributed by atoms with E-state index in [-0.39, 0.29) is 11.7 Å². The maximum absolute atomic E-state index is 12.4. The van der Waals surface area contributed by atoms with Gasteiger partial charge < -0.3 is 4.90 Å². The largest absolute Gasteiger partial charge is 0.340 e. The Labute approximate surface area is 139 Å². The van der Waals surface area contributed by atoms with Crippen molar-refractivity contribution in [3.8, 4) is 0 Å². The van der Waals surface area contributed by atoms with Crippen molar-refractivity contribution in [1.82, 2.24) is 9.80 Å². The molecule has 0 aromatic heterocycles. The number of rotatable bonds is 6. The molecule has 0 unspecified atom stereocenters. The standard InChI is InChI=1S/C19H28N2O2/c1-4-5-19(23)21-12-10-20(11-13-21)14-18(22)17-8-6-16(7-9-17)15(2)3/h6-9,15H,4-5,10-14H2,1-3H3. The maximum Gasteiger partial charge on any atom is 0.222 e. The first-order valence-corrected chi connectivity index (χ1v) is 8.64. The number of carbonyl (C=O) groups excluding carboxylic acids is 2. The van der Waals surface area contributed by atoms with Crippen molar-refractivity contribution >= 4 is 11.7 Å². The van der Waals surface area contributed by atoms with E-state index in [0.717, 1.165) is 38.2 Å². The topological polar surface area (TPSA) is 40.6 Å². The second-order valence-electron chi connectivity index (χ2n) is 6.61. The van der Waals surface area contributed by atoms with E-state index < -0.39 is 0 Å². The fraction of sp³-hybridized carbons (Fsp3) is 0.579. The molecule has 1 saturated heterocycles. The molecular formula is C19H28N2O2. The van der Waals surface area contributed by atoms with Crippen LogP contribution < -0.4 is 0 Å². The summed E-state index contributed by atoms with van der Waals surface area (Å²) in [6.45, 7) is 9.80. The Bertz CT molecular complexity index is 529. The van der Waals surface area contributed by atoms with Crippen LogP contribution in [0, 0.1) is 0 Å². The zero-order chi connectivity index (χ0) is 16.8. The summed E-state index contributed by atoms with van der Waals surface area (Å²) < 4.78 is 0. The van der Waals surface area contributed by atoms with Crippen LogP contribution in [0.5, 0.6) is 0 Å². The minimum absolute atomic E-state index is 0.161. The Morgan fingerprint density at radius 3 is 2.17 bits per heavy atom. The van der Waals surface area contributed by atoms with Crippen LogP contribution in [0.2, 0.25) is 0 Å². The van der Waals surface area contributed by atoms with Gasteiger partial charge in [-0.1, -0.05) is 45.0 Å². The van der Waals surface area contributed by atoms with E-state index in [2.05, 4.69) is 18.7 Å². The second kappa shape index (κ2) is 8.25. The highest BCUT2D eigenvalue weighted by atomic mass is 16.2. The van der Waals surface area contributed by atoms with Crippen LogP contribution in [0.4, 0.5) is 0 Å². The first kappa shape index (κ1) is 17.7. The van der Waals surface area contributed by atoms with Gasteiger partial charge in [-0.05, 0) is 17.9 Å². The molecule has 1 aromatic carbocycles. The smallest absolute Gasteiger partial charge is 0.222 e. The van der Waals surface area contributed by atoms with Gasteiger partial charge in [0.25, 0.3) is 0 Å². The van der Waals surface area contributed by atoms with Crippen molar-refractivity contribution in [3.63, 3.8) is 0 Å². The zero-order valence-electron chi connectivity index (χ0n) is 14.5. The Kier molecular flexibility index (Phi) is 6.34. The Morgan fingerprint density at radius 2 is 1.65 bits per heavy atom. The van der Waals surface area contributed by atoms with E-state index in [9.17, 15) is 9.59 Å². The van der Waals surface area contributed by atoms with E-state index in [0.29, 0.717) is 18.9 Å². The van der Waals surface area contributed by atoms with Crippen LogP contribution in [0.3, 0.4) is 0 Å². The summed E-state index contributed by atoms with van der Waals surface area (Å²) in [6, 6.07) is 7.94. The molecule has 0 radical (unpaired) electrons. The molecule has 1 heterocycles. The van der Waals surface area contributed by atoms with Crippen molar-refractivity contribution in [2.24, 2.45) is 0 Å². The molecule has 1 amide bonds. The van der Waals surface area contributed by atoms with Gasteiger partial charge in [0.2, 0.25) is 5.91 Å². The second-order valence-corrected chi connectivity index (χ2v) is 6.61. The van der Waals surface area contributed by atoms with Gasteiger partial charge in [0, 0.05) is 38.2 Å². The monoisotopic (exact) mass is 316 g/mol.